The second-order valence-electron chi connectivity index (χ2n) is 3.73. The molecule has 0 aliphatic rings. The molecule has 1 unspecified atom stereocenters. The van der Waals surface area contributed by atoms with Crippen LogP contribution in [0.5, 0.6) is 5.75 Å². The van der Waals surface area contributed by atoms with Gasteiger partial charge < -0.3 is 10.1 Å². The summed E-state index contributed by atoms with van der Waals surface area (Å²) in [4.78, 5) is 0. The highest BCUT2D eigenvalue weighted by molar-refractivity contribution is 5.35. The minimum Gasteiger partial charge on any atom is -0.494 e. The molecule has 1 aromatic rings. The normalized spacial score (nSPS) is 12.2. The van der Waals surface area contributed by atoms with Crippen molar-refractivity contribution in [1.29, 1.82) is 0 Å². The van der Waals surface area contributed by atoms with E-state index in [1.54, 1.807) is 12.1 Å². The highest BCUT2D eigenvalue weighted by atomic mass is 19.1. The predicted molar refractivity (Wildman–Crippen MR) is 64.2 cm³/mol. The molecule has 0 fully saturated rings. The van der Waals surface area contributed by atoms with E-state index in [0.717, 1.165) is 17.7 Å². The van der Waals surface area contributed by atoms with Gasteiger partial charge in [0.15, 0.2) is 11.6 Å². The first-order valence-corrected chi connectivity index (χ1v) is 5.32. The molecule has 1 aromatic carbocycles. The topological polar surface area (TPSA) is 21.3 Å². The molecule has 0 saturated carbocycles. The lowest BCUT2D eigenvalue weighted by Gasteiger charge is -2.19. The van der Waals surface area contributed by atoms with Gasteiger partial charge in [-0.1, -0.05) is 25.1 Å². The molecule has 88 valence electrons. The number of hydrogen-bond acceptors (Lipinski definition) is 2. The fourth-order valence-corrected chi connectivity index (χ4v) is 1.64. The average Bonchev–Trinajstić information content (AvgIpc) is 2.26. The zero-order valence-corrected chi connectivity index (χ0v) is 10.0. The van der Waals surface area contributed by atoms with Gasteiger partial charge in [-0.3, -0.25) is 0 Å². The third-order valence-corrected chi connectivity index (χ3v) is 2.41. The molecule has 0 aromatic heterocycles. The van der Waals surface area contributed by atoms with Crippen molar-refractivity contribution in [3.63, 3.8) is 0 Å². The molecule has 1 rings (SSSR count). The van der Waals surface area contributed by atoms with Crippen molar-refractivity contribution in [3.05, 3.63) is 41.7 Å². The molecular weight excluding hydrogens is 205 g/mol. The van der Waals surface area contributed by atoms with Gasteiger partial charge in [0.2, 0.25) is 0 Å². The quantitative estimate of drug-likeness (QED) is 0.775. The van der Waals surface area contributed by atoms with Gasteiger partial charge in [-0.15, -0.1) is 0 Å². The number of ether oxygens (including phenoxy) is 1. The van der Waals surface area contributed by atoms with Crippen LogP contribution in [-0.2, 0) is 0 Å². The van der Waals surface area contributed by atoms with Gasteiger partial charge in [0.1, 0.15) is 0 Å². The first-order valence-electron chi connectivity index (χ1n) is 5.32. The first kappa shape index (κ1) is 12.7. The molecule has 16 heavy (non-hydrogen) atoms. The maximum Gasteiger partial charge on any atom is 0.165 e. The summed E-state index contributed by atoms with van der Waals surface area (Å²) in [6.45, 7) is 8.73. The van der Waals surface area contributed by atoms with E-state index in [-0.39, 0.29) is 17.6 Å². The standard InChI is InChI=1S/C13H18FNO/c1-5-15-13(9(2)3)10-6-7-11(14)12(8-10)16-4/h6-8,13,15H,2,5H2,1,3-4H3. The molecule has 2 nitrogen and oxygen atoms in total. The van der Waals surface area contributed by atoms with Crippen molar-refractivity contribution in [3.8, 4) is 5.75 Å². The van der Waals surface area contributed by atoms with Crippen LogP contribution in [0.3, 0.4) is 0 Å². The summed E-state index contributed by atoms with van der Waals surface area (Å²) >= 11 is 0. The van der Waals surface area contributed by atoms with E-state index in [1.807, 2.05) is 13.8 Å². The number of benzene rings is 1. The van der Waals surface area contributed by atoms with Crippen LogP contribution in [0.1, 0.15) is 25.5 Å². The Balaban J connectivity index is 3.05. The predicted octanol–water partition coefficient (Wildman–Crippen LogP) is 3.06. The van der Waals surface area contributed by atoms with Crippen molar-refractivity contribution >= 4 is 0 Å². The van der Waals surface area contributed by atoms with Crippen LogP contribution < -0.4 is 10.1 Å². The zero-order chi connectivity index (χ0) is 12.1. The SMILES string of the molecule is C=C(C)C(NCC)c1ccc(F)c(OC)c1. The third kappa shape index (κ3) is 2.83. The summed E-state index contributed by atoms with van der Waals surface area (Å²) in [7, 11) is 1.46. The van der Waals surface area contributed by atoms with Gasteiger partial charge in [0, 0.05) is 0 Å². The lowest BCUT2D eigenvalue weighted by Crippen LogP contribution is -2.21. The molecule has 0 bridgehead atoms. The number of methoxy groups -OCH3 is 1. The Hall–Kier alpha value is -1.35. The molecule has 3 heteroatoms. The molecule has 0 radical (unpaired) electrons. The fourth-order valence-electron chi connectivity index (χ4n) is 1.64. The number of halogens is 1. The average molecular weight is 223 g/mol. The van der Waals surface area contributed by atoms with Crippen LogP contribution in [0.15, 0.2) is 30.4 Å². The Morgan fingerprint density at radius 3 is 2.75 bits per heavy atom. The minimum atomic E-state index is -0.344. The Morgan fingerprint density at radius 1 is 1.56 bits per heavy atom. The minimum absolute atomic E-state index is 0.0412. The number of rotatable bonds is 5. The summed E-state index contributed by atoms with van der Waals surface area (Å²) in [5.41, 5.74) is 1.96. The number of likely N-dealkylation sites (N-methyl/N-ethyl adjacent to an activating group) is 1. The molecule has 1 atom stereocenters. The molecule has 1 N–H and O–H groups in total. The third-order valence-electron chi connectivity index (χ3n) is 2.41. The van der Waals surface area contributed by atoms with Crippen LogP contribution in [0, 0.1) is 5.82 Å². The van der Waals surface area contributed by atoms with Gasteiger partial charge in [-0.05, 0) is 31.2 Å². The molecular formula is C13H18FNO. The van der Waals surface area contributed by atoms with Crippen molar-refractivity contribution in [1.82, 2.24) is 5.32 Å². The highest BCUT2D eigenvalue weighted by Crippen LogP contribution is 2.25. The van der Waals surface area contributed by atoms with Gasteiger partial charge >= 0.3 is 0 Å². The summed E-state index contributed by atoms with van der Waals surface area (Å²) < 4.78 is 18.2. The second-order valence-corrected chi connectivity index (χ2v) is 3.73. The van der Waals surface area contributed by atoms with Crippen LogP contribution in [0.4, 0.5) is 4.39 Å². The van der Waals surface area contributed by atoms with E-state index in [9.17, 15) is 4.39 Å². The molecule has 0 spiro atoms. The lowest BCUT2D eigenvalue weighted by atomic mass is 10.0. The molecule has 0 saturated heterocycles. The monoisotopic (exact) mass is 223 g/mol. The maximum absolute atomic E-state index is 13.3. The zero-order valence-electron chi connectivity index (χ0n) is 10.0. The Bertz CT molecular complexity index is 376. The van der Waals surface area contributed by atoms with Crippen molar-refractivity contribution in [2.45, 2.75) is 19.9 Å². The maximum atomic E-state index is 13.3. The van der Waals surface area contributed by atoms with E-state index in [2.05, 4.69) is 11.9 Å². The van der Waals surface area contributed by atoms with E-state index in [4.69, 9.17) is 4.74 Å². The van der Waals surface area contributed by atoms with Crippen LogP contribution in [0.2, 0.25) is 0 Å². The van der Waals surface area contributed by atoms with Gasteiger partial charge in [0.25, 0.3) is 0 Å². The molecule has 0 amide bonds. The largest absolute Gasteiger partial charge is 0.494 e. The van der Waals surface area contributed by atoms with Crippen molar-refractivity contribution in [2.75, 3.05) is 13.7 Å². The number of nitrogens with one attached hydrogen (secondary N) is 1. The summed E-state index contributed by atoms with van der Waals surface area (Å²) in [5, 5.41) is 3.29. The highest BCUT2D eigenvalue weighted by Gasteiger charge is 2.13. The molecule has 0 aliphatic heterocycles. The van der Waals surface area contributed by atoms with E-state index in [1.165, 1.54) is 13.2 Å². The van der Waals surface area contributed by atoms with Crippen molar-refractivity contribution < 1.29 is 9.13 Å². The first-order chi connectivity index (χ1) is 7.60. The van der Waals surface area contributed by atoms with E-state index in [0.29, 0.717) is 0 Å². The fraction of sp³-hybridized carbons (Fsp3) is 0.385. The lowest BCUT2D eigenvalue weighted by molar-refractivity contribution is 0.385. The van der Waals surface area contributed by atoms with Crippen LogP contribution >= 0.6 is 0 Å². The molecule has 0 heterocycles. The Labute approximate surface area is 96.1 Å². The van der Waals surface area contributed by atoms with Crippen LogP contribution in [0.25, 0.3) is 0 Å². The van der Waals surface area contributed by atoms with E-state index >= 15 is 0 Å². The summed E-state index contributed by atoms with van der Waals surface area (Å²) in [6, 6.07) is 4.91. The summed E-state index contributed by atoms with van der Waals surface area (Å²) in [6.07, 6.45) is 0. The van der Waals surface area contributed by atoms with Gasteiger partial charge in [0.05, 0.1) is 13.2 Å². The molecule has 0 aliphatic carbocycles. The Kier molecular flexibility index (Phi) is 4.50. The van der Waals surface area contributed by atoms with E-state index < -0.39 is 0 Å². The number of hydrogen-bond donors (Lipinski definition) is 1. The summed E-state index contributed by atoms with van der Waals surface area (Å²) in [5.74, 6) is -0.0788. The smallest absolute Gasteiger partial charge is 0.165 e. The van der Waals surface area contributed by atoms with Gasteiger partial charge in [-0.2, -0.15) is 0 Å². The second kappa shape index (κ2) is 5.66. The Morgan fingerprint density at radius 2 is 2.25 bits per heavy atom. The van der Waals surface area contributed by atoms with Crippen LogP contribution in [-0.4, -0.2) is 13.7 Å². The van der Waals surface area contributed by atoms with Crippen molar-refractivity contribution in [2.24, 2.45) is 0 Å². The van der Waals surface area contributed by atoms with Gasteiger partial charge in [-0.25, -0.2) is 4.39 Å².